The zero-order chi connectivity index (χ0) is 13.0. The summed E-state index contributed by atoms with van der Waals surface area (Å²) in [5.41, 5.74) is 1.97. The molecular formula is C12H15N5O. The van der Waals surface area contributed by atoms with E-state index < -0.39 is 0 Å². The monoisotopic (exact) mass is 245 g/mol. The SMILES string of the molecule is CCc1[nH]nc(NC(=O)Nc2ccccn2)c1C. The maximum absolute atomic E-state index is 11.7. The highest BCUT2D eigenvalue weighted by Crippen LogP contribution is 2.15. The van der Waals surface area contributed by atoms with Crippen LogP contribution in [0.3, 0.4) is 0 Å². The molecule has 0 spiro atoms. The van der Waals surface area contributed by atoms with E-state index in [1.807, 2.05) is 13.8 Å². The van der Waals surface area contributed by atoms with Gasteiger partial charge in [-0.3, -0.25) is 15.7 Å². The number of hydrogen-bond donors (Lipinski definition) is 3. The van der Waals surface area contributed by atoms with Crippen molar-refractivity contribution in [2.45, 2.75) is 20.3 Å². The van der Waals surface area contributed by atoms with Crippen molar-refractivity contribution in [1.29, 1.82) is 0 Å². The Kier molecular flexibility index (Phi) is 3.57. The van der Waals surface area contributed by atoms with E-state index in [9.17, 15) is 4.79 Å². The number of aromatic nitrogens is 3. The van der Waals surface area contributed by atoms with Gasteiger partial charge in [0.25, 0.3) is 0 Å². The van der Waals surface area contributed by atoms with Gasteiger partial charge in [-0.1, -0.05) is 13.0 Å². The molecule has 2 amide bonds. The number of amides is 2. The normalized spacial score (nSPS) is 10.1. The first kappa shape index (κ1) is 12.1. The van der Waals surface area contributed by atoms with Crippen molar-refractivity contribution in [3.8, 4) is 0 Å². The largest absolute Gasteiger partial charge is 0.326 e. The molecule has 0 saturated heterocycles. The summed E-state index contributed by atoms with van der Waals surface area (Å²) in [5, 5.41) is 12.2. The molecule has 0 fully saturated rings. The van der Waals surface area contributed by atoms with Crippen molar-refractivity contribution in [2.75, 3.05) is 10.6 Å². The fourth-order valence-electron chi connectivity index (χ4n) is 1.59. The van der Waals surface area contributed by atoms with Crippen LogP contribution in [0.1, 0.15) is 18.2 Å². The Morgan fingerprint density at radius 1 is 1.39 bits per heavy atom. The van der Waals surface area contributed by atoms with Crippen LogP contribution < -0.4 is 10.6 Å². The van der Waals surface area contributed by atoms with Gasteiger partial charge in [-0.15, -0.1) is 0 Å². The Bertz CT molecular complexity index is 535. The van der Waals surface area contributed by atoms with Crippen LogP contribution in [0.2, 0.25) is 0 Å². The van der Waals surface area contributed by atoms with Crippen LogP contribution in [-0.2, 0) is 6.42 Å². The van der Waals surface area contributed by atoms with Crippen molar-refractivity contribution in [3.63, 3.8) is 0 Å². The fourth-order valence-corrected chi connectivity index (χ4v) is 1.59. The first-order valence-corrected chi connectivity index (χ1v) is 5.73. The molecule has 0 radical (unpaired) electrons. The number of aromatic amines is 1. The molecule has 2 rings (SSSR count). The maximum atomic E-state index is 11.7. The van der Waals surface area contributed by atoms with Gasteiger partial charge in [-0.25, -0.2) is 9.78 Å². The van der Waals surface area contributed by atoms with Crippen molar-refractivity contribution in [2.24, 2.45) is 0 Å². The number of hydrogen-bond acceptors (Lipinski definition) is 3. The molecule has 2 aromatic rings. The van der Waals surface area contributed by atoms with Crippen LogP contribution in [0.4, 0.5) is 16.4 Å². The van der Waals surface area contributed by atoms with Gasteiger partial charge in [0.15, 0.2) is 5.82 Å². The summed E-state index contributed by atoms with van der Waals surface area (Å²) in [6, 6.07) is 4.95. The molecular weight excluding hydrogens is 230 g/mol. The van der Waals surface area contributed by atoms with E-state index in [2.05, 4.69) is 25.8 Å². The lowest BCUT2D eigenvalue weighted by Crippen LogP contribution is -2.20. The molecule has 6 heteroatoms. The number of carbonyl (C=O) groups excluding carboxylic acids is 1. The zero-order valence-corrected chi connectivity index (χ0v) is 10.3. The van der Waals surface area contributed by atoms with E-state index >= 15 is 0 Å². The molecule has 0 atom stereocenters. The highest BCUT2D eigenvalue weighted by Gasteiger charge is 2.10. The lowest BCUT2D eigenvalue weighted by atomic mass is 10.2. The van der Waals surface area contributed by atoms with Crippen LogP contribution in [-0.4, -0.2) is 21.2 Å². The number of pyridine rings is 1. The molecule has 0 saturated carbocycles. The van der Waals surface area contributed by atoms with Gasteiger partial charge < -0.3 is 0 Å². The molecule has 2 heterocycles. The van der Waals surface area contributed by atoms with Crippen molar-refractivity contribution in [1.82, 2.24) is 15.2 Å². The van der Waals surface area contributed by atoms with E-state index in [-0.39, 0.29) is 6.03 Å². The van der Waals surface area contributed by atoms with Gasteiger partial charge in [0.1, 0.15) is 5.82 Å². The number of nitrogens with zero attached hydrogens (tertiary/aromatic N) is 2. The lowest BCUT2D eigenvalue weighted by Gasteiger charge is -2.05. The Morgan fingerprint density at radius 3 is 2.83 bits per heavy atom. The van der Waals surface area contributed by atoms with Crippen molar-refractivity contribution < 1.29 is 4.79 Å². The molecule has 6 nitrogen and oxygen atoms in total. The number of carbonyl (C=O) groups is 1. The summed E-state index contributed by atoms with van der Waals surface area (Å²) in [7, 11) is 0. The van der Waals surface area contributed by atoms with E-state index in [0.717, 1.165) is 17.7 Å². The number of rotatable bonds is 3. The third kappa shape index (κ3) is 2.65. The van der Waals surface area contributed by atoms with Gasteiger partial charge in [-0.2, -0.15) is 5.10 Å². The van der Waals surface area contributed by atoms with E-state index in [1.54, 1.807) is 24.4 Å². The predicted octanol–water partition coefficient (Wildman–Crippen LogP) is 2.32. The molecule has 94 valence electrons. The number of anilines is 2. The van der Waals surface area contributed by atoms with E-state index in [0.29, 0.717) is 11.6 Å². The number of urea groups is 1. The maximum Gasteiger partial charge on any atom is 0.326 e. The summed E-state index contributed by atoms with van der Waals surface area (Å²) in [4.78, 5) is 15.7. The van der Waals surface area contributed by atoms with Gasteiger partial charge in [0.2, 0.25) is 0 Å². The summed E-state index contributed by atoms with van der Waals surface area (Å²) in [6.07, 6.45) is 2.47. The summed E-state index contributed by atoms with van der Waals surface area (Å²) in [6.45, 7) is 3.94. The highest BCUT2D eigenvalue weighted by atomic mass is 16.2. The molecule has 0 aliphatic carbocycles. The first-order valence-electron chi connectivity index (χ1n) is 5.73. The third-order valence-corrected chi connectivity index (χ3v) is 2.60. The molecule has 0 aromatic carbocycles. The predicted molar refractivity (Wildman–Crippen MR) is 69.6 cm³/mol. The Hall–Kier alpha value is -2.37. The molecule has 0 bridgehead atoms. The first-order chi connectivity index (χ1) is 8.70. The van der Waals surface area contributed by atoms with Gasteiger partial charge in [-0.05, 0) is 25.5 Å². The Balaban J connectivity index is 2.01. The average Bonchev–Trinajstić information content (AvgIpc) is 2.71. The second-order valence-electron chi connectivity index (χ2n) is 3.82. The fraction of sp³-hybridized carbons (Fsp3) is 0.250. The van der Waals surface area contributed by atoms with E-state index in [1.165, 1.54) is 0 Å². The average molecular weight is 245 g/mol. The molecule has 3 N–H and O–H groups in total. The van der Waals surface area contributed by atoms with Gasteiger partial charge in [0, 0.05) is 17.5 Å². The van der Waals surface area contributed by atoms with Crippen molar-refractivity contribution in [3.05, 3.63) is 35.7 Å². The molecule has 0 aliphatic heterocycles. The Labute approximate surface area is 105 Å². The van der Waals surface area contributed by atoms with E-state index in [4.69, 9.17) is 0 Å². The minimum absolute atomic E-state index is 0.356. The number of H-pyrrole nitrogens is 1. The highest BCUT2D eigenvalue weighted by molar-refractivity contribution is 5.98. The van der Waals surface area contributed by atoms with Crippen LogP contribution in [0.25, 0.3) is 0 Å². The number of nitrogens with one attached hydrogen (secondary N) is 3. The summed E-state index contributed by atoms with van der Waals surface area (Å²) < 4.78 is 0. The summed E-state index contributed by atoms with van der Waals surface area (Å²) >= 11 is 0. The quantitative estimate of drug-likeness (QED) is 0.776. The minimum Gasteiger partial charge on any atom is -0.292 e. The number of aryl methyl sites for hydroxylation is 1. The smallest absolute Gasteiger partial charge is 0.292 e. The topological polar surface area (TPSA) is 82.7 Å². The lowest BCUT2D eigenvalue weighted by molar-refractivity contribution is 0.262. The van der Waals surface area contributed by atoms with Gasteiger partial charge >= 0.3 is 6.03 Å². The zero-order valence-electron chi connectivity index (χ0n) is 10.3. The standard InChI is InChI=1S/C12H15N5O/c1-3-9-8(2)11(17-16-9)15-12(18)14-10-6-4-5-7-13-10/h4-7H,3H2,1-2H3,(H3,13,14,15,16,17,18). The second-order valence-corrected chi connectivity index (χ2v) is 3.82. The third-order valence-electron chi connectivity index (χ3n) is 2.60. The van der Waals surface area contributed by atoms with Crippen LogP contribution in [0, 0.1) is 6.92 Å². The van der Waals surface area contributed by atoms with Crippen LogP contribution in [0.5, 0.6) is 0 Å². The molecule has 2 aromatic heterocycles. The van der Waals surface area contributed by atoms with Gasteiger partial charge in [0.05, 0.1) is 0 Å². The molecule has 0 unspecified atom stereocenters. The second kappa shape index (κ2) is 5.31. The summed E-state index contributed by atoms with van der Waals surface area (Å²) in [5.74, 6) is 1.04. The van der Waals surface area contributed by atoms with Crippen LogP contribution in [0.15, 0.2) is 24.4 Å². The van der Waals surface area contributed by atoms with Crippen LogP contribution >= 0.6 is 0 Å². The molecule has 18 heavy (non-hydrogen) atoms. The minimum atomic E-state index is -0.356. The van der Waals surface area contributed by atoms with Crippen molar-refractivity contribution >= 4 is 17.7 Å². The Morgan fingerprint density at radius 2 is 2.22 bits per heavy atom. The molecule has 0 aliphatic rings.